The fourth-order valence-electron chi connectivity index (χ4n) is 0.276. The summed E-state index contributed by atoms with van der Waals surface area (Å²) in [5.74, 6) is -2.12. The Bertz CT molecular complexity index is 112. The summed E-state index contributed by atoms with van der Waals surface area (Å²) in [6.45, 7) is -0.626. The lowest BCUT2D eigenvalue weighted by Gasteiger charge is -1.93. The van der Waals surface area contributed by atoms with Crippen LogP contribution < -0.4 is 5.32 Å². The fourth-order valence-corrected chi connectivity index (χ4v) is 0.276. The van der Waals surface area contributed by atoms with Crippen molar-refractivity contribution in [1.29, 1.82) is 0 Å². The number of hydrogen-bond acceptors (Lipinski definition) is 3. The smallest absolute Gasteiger partial charge is 0.317 e. The molecule has 0 amide bonds. The summed E-state index contributed by atoms with van der Waals surface area (Å²) in [4.78, 5) is 19.5. The van der Waals surface area contributed by atoms with Crippen LogP contribution >= 0.6 is 0 Å². The second-order valence-electron chi connectivity index (χ2n) is 1.39. The van der Waals surface area contributed by atoms with Crippen molar-refractivity contribution in [2.45, 2.75) is 0 Å². The van der Waals surface area contributed by atoms with Crippen LogP contribution in [0, 0.1) is 0 Å². The second kappa shape index (κ2) is 22.6. The first-order chi connectivity index (χ1) is 4.13. The summed E-state index contributed by atoms with van der Waals surface area (Å²) < 4.78 is 0. The summed E-state index contributed by atoms with van der Waals surface area (Å²) in [5.41, 5.74) is 0. The number of hydrogen-bond donors (Lipinski definition) is 3. The Balaban J connectivity index is -0.0000000320. The number of carbonyl (C=O) groups is 2. The van der Waals surface area contributed by atoms with E-state index in [1.54, 1.807) is 0 Å². The van der Waals surface area contributed by atoms with Gasteiger partial charge in [-0.05, 0) is 0 Å². The molecule has 0 aliphatic carbocycles. The quantitative estimate of drug-likeness (QED) is 0.420. The zero-order chi connectivity index (χ0) is 7.28. The normalized spacial score (nSPS) is 5.71. The Kier molecular flexibility index (Phi) is 62.5. The third-order valence-corrected chi connectivity index (χ3v) is 0.552. The molecule has 0 saturated carbocycles. The van der Waals surface area contributed by atoms with E-state index in [-0.39, 0.29) is 40.5 Å². The molecule has 10 nitrogen and oxygen atoms in total. The molecule has 0 aliphatic heterocycles. The van der Waals surface area contributed by atoms with Gasteiger partial charge >= 0.3 is 11.9 Å². The van der Waals surface area contributed by atoms with Crippen molar-refractivity contribution in [3.63, 3.8) is 0 Å². The third kappa shape index (κ3) is 45.6. The highest BCUT2D eigenvalue weighted by atomic mass is 16.4. The van der Waals surface area contributed by atoms with Gasteiger partial charge in [0.1, 0.15) is 0 Å². The van der Waals surface area contributed by atoms with Crippen LogP contribution in [0.2, 0.25) is 0 Å². The van der Waals surface area contributed by atoms with Gasteiger partial charge in [0.25, 0.3) is 0 Å². The number of rotatable bonds is 4. The number of nitrogens with one attached hydrogen (secondary N) is 1. The van der Waals surface area contributed by atoms with Gasteiger partial charge in [0, 0.05) is 0 Å². The SMILES string of the molecule is O.O.O.O.O.O=C(O)CNCC(=O)O. The van der Waals surface area contributed by atoms with Gasteiger partial charge in [-0.1, -0.05) is 0 Å². The first-order valence-corrected chi connectivity index (χ1v) is 2.27. The zero-order valence-corrected chi connectivity index (χ0v) is 7.13. The van der Waals surface area contributed by atoms with Crippen LogP contribution in [0.25, 0.3) is 0 Å². The molecule has 13 N–H and O–H groups in total. The molecule has 14 heavy (non-hydrogen) atoms. The molecular weight excluding hydrogens is 206 g/mol. The van der Waals surface area contributed by atoms with E-state index in [9.17, 15) is 9.59 Å². The van der Waals surface area contributed by atoms with Crippen LogP contribution in [0.5, 0.6) is 0 Å². The molecule has 0 unspecified atom stereocenters. The van der Waals surface area contributed by atoms with Gasteiger partial charge in [-0.2, -0.15) is 0 Å². The van der Waals surface area contributed by atoms with Crippen molar-refractivity contribution in [2.24, 2.45) is 0 Å². The lowest BCUT2D eigenvalue weighted by molar-refractivity contribution is -0.137. The van der Waals surface area contributed by atoms with Crippen molar-refractivity contribution in [2.75, 3.05) is 13.1 Å². The van der Waals surface area contributed by atoms with Gasteiger partial charge in [-0.25, -0.2) is 0 Å². The Morgan fingerprint density at radius 3 is 1.14 bits per heavy atom. The van der Waals surface area contributed by atoms with Gasteiger partial charge in [0.15, 0.2) is 0 Å². The minimum atomic E-state index is -1.06. The van der Waals surface area contributed by atoms with E-state index < -0.39 is 11.9 Å². The Morgan fingerprint density at radius 1 is 0.786 bits per heavy atom. The molecule has 92 valence electrons. The molecule has 0 bridgehead atoms. The summed E-state index contributed by atoms with van der Waals surface area (Å²) in [6, 6.07) is 0. The average Bonchev–Trinajstić information content (AvgIpc) is 1.63. The van der Waals surface area contributed by atoms with E-state index in [4.69, 9.17) is 10.2 Å². The van der Waals surface area contributed by atoms with Crippen molar-refractivity contribution in [1.82, 2.24) is 5.32 Å². The van der Waals surface area contributed by atoms with Gasteiger partial charge in [-0.15, -0.1) is 0 Å². The molecule has 0 rings (SSSR count). The molecule has 0 heterocycles. The number of carboxylic acids is 2. The van der Waals surface area contributed by atoms with Crippen LogP contribution in [0.15, 0.2) is 0 Å². The first-order valence-electron chi connectivity index (χ1n) is 2.27. The molecule has 0 fully saturated rings. The van der Waals surface area contributed by atoms with Crippen LogP contribution in [0.3, 0.4) is 0 Å². The average molecular weight is 223 g/mol. The van der Waals surface area contributed by atoms with Crippen molar-refractivity contribution >= 4 is 11.9 Å². The number of aliphatic carboxylic acids is 2. The second-order valence-corrected chi connectivity index (χ2v) is 1.39. The van der Waals surface area contributed by atoms with E-state index in [2.05, 4.69) is 5.32 Å². The standard InChI is InChI=1S/C4H7NO4.5H2O/c6-3(7)1-5-2-4(8)9;;;;;/h5H,1-2H2,(H,6,7)(H,8,9);5*1H2. The van der Waals surface area contributed by atoms with Gasteiger partial charge < -0.3 is 37.6 Å². The fraction of sp³-hybridized carbons (Fsp3) is 0.500. The predicted octanol–water partition coefficient (Wildman–Crippen LogP) is -5.38. The summed E-state index contributed by atoms with van der Waals surface area (Å²) in [7, 11) is 0. The van der Waals surface area contributed by atoms with Crippen molar-refractivity contribution in [3.8, 4) is 0 Å². The third-order valence-electron chi connectivity index (χ3n) is 0.552. The maximum absolute atomic E-state index is 9.73. The minimum Gasteiger partial charge on any atom is -0.480 e. The Labute approximate surface area is 78.7 Å². The molecule has 0 aromatic heterocycles. The van der Waals surface area contributed by atoms with E-state index in [0.717, 1.165) is 0 Å². The Morgan fingerprint density at radius 2 is 1.00 bits per heavy atom. The topological polar surface area (TPSA) is 244 Å². The molecule has 0 radical (unpaired) electrons. The van der Waals surface area contributed by atoms with E-state index in [0.29, 0.717) is 0 Å². The van der Waals surface area contributed by atoms with E-state index in [1.165, 1.54) is 0 Å². The van der Waals surface area contributed by atoms with Crippen LogP contribution in [-0.2, 0) is 9.59 Å². The monoisotopic (exact) mass is 223 g/mol. The first kappa shape index (κ1) is 38.7. The molecule has 0 aliphatic rings. The molecular formula is C4H17NO9. The number of carboxylic acid groups (broad SMARTS) is 2. The Hall–Kier alpha value is -1.30. The summed E-state index contributed by atoms with van der Waals surface area (Å²) in [6.07, 6.45) is 0. The minimum absolute atomic E-state index is 0. The lowest BCUT2D eigenvalue weighted by atomic mass is 10.6. The highest BCUT2D eigenvalue weighted by molar-refractivity contribution is 5.72. The van der Waals surface area contributed by atoms with Gasteiger partial charge in [0.05, 0.1) is 13.1 Å². The molecule has 0 aromatic rings. The predicted molar refractivity (Wildman–Crippen MR) is 46.2 cm³/mol. The molecule has 0 spiro atoms. The van der Waals surface area contributed by atoms with Gasteiger partial charge in [-0.3, -0.25) is 14.9 Å². The van der Waals surface area contributed by atoms with Crippen molar-refractivity contribution < 1.29 is 47.2 Å². The van der Waals surface area contributed by atoms with E-state index >= 15 is 0 Å². The maximum atomic E-state index is 9.73. The van der Waals surface area contributed by atoms with Crippen LogP contribution in [0.4, 0.5) is 0 Å². The van der Waals surface area contributed by atoms with Gasteiger partial charge in [0.2, 0.25) is 0 Å². The highest BCUT2D eigenvalue weighted by Crippen LogP contribution is 1.61. The molecule has 0 atom stereocenters. The largest absolute Gasteiger partial charge is 0.480 e. The zero-order valence-electron chi connectivity index (χ0n) is 7.13. The van der Waals surface area contributed by atoms with E-state index in [1.807, 2.05) is 0 Å². The van der Waals surface area contributed by atoms with Crippen molar-refractivity contribution in [3.05, 3.63) is 0 Å². The molecule has 0 saturated heterocycles. The molecule has 10 heteroatoms. The van der Waals surface area contributed by atoms with Crippen LogP contribution in [0.1, 0.15) is 0 Å². The van der Waals surface area contributed by atoms with Crippen LogP contribution in [-0.4, -0.2) is 62.6 Å². The highest BCUT2D eigenvalue weighted by Gasteiger charge is 1.97. The molecule has 0 aromatic carbocycles. The summed E-state index contributed by atoms with van der Waals surface area (Å²) in [5, 5.41) is 18.1. The maximum Gasteiger partial charge on any atom is 0.317 e. The summed E-state index contributed by atoms with van der Waals surface area (Å²) >= 11 is 0. The lowest BCUT2D eigenvalue weighted by Crippen LogP contribution is -2.27.